The van der Waals surface area contributed by atoms with E-state index in [1.807, 2.05) is 12.5 Å². The van der Waals surface area contributed by atoms with Crippen molar-refractivity contribution >= 4 is 0 Å². The molecule has 1 unspecified atom stereocenters. The van der Waals surface area contributed by atoms with Gasteiger partial charge in [0.25, 0.3) is 0 Å². The quantitative estimate of drug-likeness (QED) is 0.871. The highest BCUT2D eigenvalue weighted by atomic mass is 16.5. The van der Waals surface area contributed by atoms with Crippen LogP contribution in [0.3, 0.4) is 0 Å². The minimum atomic E-state index is -0.0420. The van der Waals surface area contributed by atoms with Crippen LogP contribution in [0.25, 0.3) is 0 Å². The van der Waals surface area contributed by atoms with E-state index in [0.29, 0.717) is 12.6 Å². The first-order valence-electron chi connectivity index (χ1n) is 6.40. The Morgan fingerprint density at radius 2 is 2.35 bits per heavy atom. The van der Waals surface area contributed by atoms with Crippen LogP contribution in [-0.2, 0) is 10.3 Å². The van der Waals surface area contributed by atoms with Gasteiger partial charge in [-0.1, -0.05) is 6.42 Å². The summed E-state index contributed by atoms with van der Waals surface area (Å²) in [5, 5.41) is 3.57. The zero-order valence-electron chi connectivity index (χ0n) is 11.1. The zero-order valence-corrected chi connectivity index (χ0v) is 11.1. The molecule has 1 fully saturated rings. The molecular weight excluding hydrogens is 214 g/mol. The Balaban J connectivity index is 2.21. The number of rotatable bonds is 4. The first-order chi connectivity index (χ1) is 8.15. The molecule has 4 heteroatoms. The molecule has 2 heterocycles. The molecule has 0 saturated carbocycles. The molecule has 0 spiro atoms. The summed E-state index contributed by atoms with van der Waals surface area (Å²) >= 11 is 0. The number of hydrogen-bond donors (Lipinski definition) is 1. The van der Waals surface area contributed by atoms with Crippen LogP contribution in [0.4, 0.5) is 0 Å². The molecule has 1 N–H and O–H groups in total. The first-order valence-corrected chi connectivity index (χ1v) is 6.40. The molecule has 1 aromatic heterocycles. The summed E-state index contributed by atoms with van der Waals surface area (Å²) in [7, 11) is 1.75. The van der Waals surface area contributed by atoms with Gasteiger partial charge in [0, 0.05) is 19.3 Å². The van der Waals surface area contributed by atoms with E-state index in [0.717, 1.165) is 6.54 Å². The largest absolute Gasteiger partial charge is 0.382 e. The van der Waals surface area contributed by atoms with Gasteiger partial charge in [0.1, 0.15) is 0 Å². The van der Waals surface area contributed by atoms with E-state index in [-0.39, 0.29) is 5.54 Å². The maximum Gasteiger partial charge on any atom is 0.0954 e. The average molecular weight is 237 g/mol. The van der Waals surface area contributed by atoms with Crippen LogP contribution in [0.2, 0.25) is 0 Å². The van der Waals surface area contributed by atoms with Gasteiger partial charge in [-0.05, 0) is 33.2 Å². The number of piperidine rings is 1. The van der Waals surface area contributed by atoms with Crippen molar-refractivity contribution in [3.05, 3.63) is 18.2 Å². The van der Waals surface area contributed by atoms with Gasteiger partial charge in [-0.15, -0.1) is 0 Å². The van der Waals surface area contributed by atoms with E-state index in [1.165, 1.54) is 25.0 Å². The van der Waals surface area contributed by atoms with Crippen molar-refractivity contribution < 1.29 is 4.74 Å². The second-order valence-electron chi connectivity index (χ2n) is 5.44. The fourth-order valence-corrected chi connectivity index (χ4v) is 2.60. The van der Waals surface area contributed by atoms with Crippen molar-refractivity contribution in [3.8, 4) is 0 Å². The minimum Gasteiger partial charge on any atom is -0.382 e. The summed E-state index contributed by atoms with van der Waals surface area (Å²) in [6.45, 7) is 6.18. The summed E-state index contributed by atoms with van der Waals surface area (Å²) in [5.41, 5.74) is 1.24. The summed E-state index contributed by atoms with van der Waals surface area (Å²) in [6, 6.07) is 0.447. The molecule has 0 radical (unpaired) electrons. The normalized spacial score (nSPS) is 21.7. The number of hydrogen-bond acceptors (Lipinski definition) is 3. The molecular formula is C13H23N3O. The average Bonchev–Trinajstić information content (AvgIpc) is 2.79. The SMILES string of the molecule is COCC(C)(C)n1cncc1C1CCCCN1. The van der Waals surface area contributed by atoms with Gasteiger partial charge in [0.05, 0.1) is 24.2 Å². The standard InChI is InChI=1S/C13H23N3O/c1-13(2,9-17-3)16-10-14-8-12(16)11-6-4-5-7-15-11/h8,10-11,15H,4-7,9H2,1-3H3. The highest BCUT2D eigenvalue weighted by Crippen LogP contribution is 2.27. The van der Waals surface area contributed by atoms with Gasteiger partial charge in [-0.3, -0.25) is 0 Å². The molecule has 0 bridgehead atoms. The van der Waals surface area contributed by atoms with Crippen molar-refractivity contribution in [2.75, 3.05) is 20.3 Å². The Morgan fingerprint density at radius 3 is 3.00 bits per heavy atom. The predicted octanol–water partition coefficient (Wildman–Crippen LogP) is 2.08. The van der Waals surface area contributed by atoms with Gasteiger partial charge in [0.15, 0.2) is 0 Å². The van der Waals surface area contributed by atoms with Gasteiger partial charge in [-0.2, -0.15) is 0 Å². The number of aromatic nitrogens is 2. The summed E-state index contributed by atoms with van der Waals surface area (Å²) in [5.74, 6) is 0. The Morgan fingerprint density at radius 1 is 1.53 bits per heavy atom. The fourth-order valence-electron chi connectivity index (χ4n) is 2.60. The topological polar surface area (TPSA) is 39.1 Å². The third-order valence-corrected chi connectivity index (χ3v) is 3.48. The van der Waals surface area contributed by atoms with Gasteiger partial charge in [0.2, 0.25) is 0 Å². The minimum absolute atomic E-state index is 0.0420. The monoisotopic (exact) mass is 237 g/mol. The molecule has 96 valence electrons. The van der Waals surface area contributed by atoms with Crippen molar-refractivity contribution in [2.45, 2.75) is 44.7 Å². The Bertz CT molecular complexity index is 353. The van der Waals surface area contributed by atoms with Crippen molar-refractivity contribution in [3.63, 3.8) is 0 Å². The number of nitrogens with zero attached hydrogens (tertiary/aromatic N) is 2. The van der Waals surface area contributed by atoms with E-state index >= 15 is 0 Å². The van der Waals surface area contributed by atoms with E-state index in [2.05, 4.69) is 28.7 Å². The molecule has 1 aliphatic heterocycles. The fraction of sp³-hybridized carbons (Fsp3) is 0.769. The Hall–Kier alpha value is -0.870. The van der Waals surface area contributed by atoms with Crippen molar-refractivity contribution in [1.82, 2.24) is 14.9 Å². The first kappa shape index (κ1) is 12.6. The highest BCUT2D eigenvalue weighted by molar-refractivity contribution is 5.09. The van der Waals surface area contributed by atoms with E-state index in [1.54, 1.807) is 7.11 Å². The Kier molecular flexibility index (Phi) is 3.84. The molecule has 1 aromatic rings. The second-order valence-corrected chi connectivity index (χ2v) is 5.44. The third-order valence-electron chi connectivity index (χ3n) is 3.48. The summed E-state index contributed by atoms with van der Waals surface area (Å²) < 4.78 is 7.55. The summed E-state index contributed by atoms with van der Waals surface area (Å²) in [6.07, 6.45) is 7.69. The van der Waals surface area contributed by atoms with Crippen LogP contribution in [0.15, 0.2) is 12.5 Å². The maximum atomic E-state index is 5.30. The van der Waals surface area contributed by atoms with E-state index in [9.17, 15) is 0 Å². The summed E-state index contributed by atoms with van der Waals surface area (Å²) in [4.78, 5) is 4.31. The van der Waals surface area contributed by atoms with Crippen LogP contribution in [0, 0.1) is 0 Å². The second kappa shape index (κ2) is 5.19. The van der Waals surface area contributed by atoms with Crippen LogP contribution in [-0.4, -0.2) is 29.8 Å². The molecule has 2 rings (SSSR count). The smallest absolute Gasteiger partial charge is 0.0954 e. The number of nitrogens with one attached hydrogen (secondary N) is 1. The predicted molar refractivity (Wildman–Crippen MR) is 68.0 cm³/mol. The Labute approximate surface area is 103 Å². The molecule has 17 heavy (non-hydrogen) atoms. The number of ether oxygens (including phenoxy) is 1. The number of imidazole rings is 1. The lowest BCUT2D eigenvalue weighted by Crippen LogP contribution is -2.36. The molecule has 1 atom stereocenters. The van der Waals surface area contributed by atoms with E-state index in [4.69, 9.17) is 4.74 Å². The molecule has 0 aliphatic carbocycles. The van der Waals surface area contributed by atoms with Crippen LogP contribution >= 0.6 is 0 Å². The zero-order chi connectivity index (χ0) is 12.3. The highest BCUT2D eigenvalue weighted by Gasteiger charge is 2.26. The van der Waals surface area contributed by atoms with Gasteiger partial charge < -0.3 is 14.6 Å². The molecule has 1 aliphatic rings. The van der Waals surface area contributed by atoms with E-state index < -0.39 is 0 Å². The lowest BCUT2D eigenvalue weighted by molar-refractivity contribution is 0.106. The van der Waals surface area contributed by atoms with Crippen molar-refractivity contribution in [2.24, 2.45) is 0 Å². The molecule has 0 aromatic carbocycles. The van der Waals surface area contributed by atoms with Crippen LogP contribution in [0.5, 0.6) is 0 Å². The lowest BCUT2D eigenvalue weighted by atomic mass is 10.00. The molecule has 0 amide bonds. The third kappa shape index (κ3) is 2.69. The van der Waals surface area contributed by atoms with Crippen molar-refractivity contribution in [1.29, 1.82) is 0 Å². The maximum absolute atomic E-state index is 5.30. The molecule has 1 saturated heterocycles. The van der Waals surface area contributed by atoms with Crippen LogP contribution in [0.1, 0.15) is 44.8 Å². The lowest BCUT2D eigenvalue weighted by Gasteiger charge is -2.32. The molecule has 4 nitrogen and oxygen atoms in total. The van der Waals surface area contributed by atoms with Crippen LogP contribution < -0.4 is 5.32 Å². The van der Waals surface area contributed by atoms with Gasteiger partial charge in [-0.25, -0.2) is 4.98 Å². The van der Waals surface area contributed by atoms with Gasteiger partial charge >= 0.3 is 0 Å². The number of methoxy groups -OCH3 is 1.